The molecule has 1 aromatic carbocycles. The predicted octanol–water partition coefficient (Wildman–Crippen LogP) is 3.97. The monoisotopic (exact) mass is 239 g/mol. The summed E-state index contributed by atoms with van der Waals surface area (Å²) < 4.78 is 0. The first-order chi connectivity index (χ1) is 8.60. The Kier molecular flexibility index (Phi) is 2.41. The summed E-state index contributed by atoms with van der Waals surface area (Å²) in [7, 11) is 0. The van der Waals surface area contributed by atoms with Crippen LogP contribution in [0.1, 0.15) is 38.3 Å². The second-order valence-electron chi connectivity index (χ2n) is 5.94. The molecule has 0 bridgehead atoms. The van der Waals surface area contributed by atoms with Gasteiger partial charge in [0, 0.05) is 18.2 Å². The third-order valence-electron chi connectivity index (χ3n) is 4.82. The number of hydrogen-bond donors (Lipinski definition) is 0. The molecule has 0 fully saturated rings. The topological polar surface area (TPSA) is 3.24 Å². The largest absolute Gasteiger partial charge is 0.364 e. The van der Waals surface area contributed by atoms with Crippen molar-refractivity contribution in [3.05, 3.63) is 59.8 Å². The standard InChI is InChI=1S/C17H21N/c1-4-16(2)13-18-12-8-7-11-17(18,3)15-10-6-5-9-14(15)16/h5-12H,4,13H2,1-3H3. The maximum absolute atomic E-state index is 2.48. The molecule has 1 aromatic rings. The van der Waals surface area contributed by atoms with Crippen LogP contribution in [-0.2, 0) is 11.0 Å². The van der Waals surface area contributed by atoms with Crippen molar-refractivity contribution in [2.45, 2.75) is 38.1 Å². The van der Waals surface area contributed by atoms with E-state index < -0.39 is 0 Å². The van der Waals surface area contributed by atoms with Crippen molar-refractivity contribution in [3.63, 3.8) is 0 Å². The Morgan fingerprint density at radius 2 is 1.83 bits per heavy atom. The van der Waals surface area contributed by atoms with E-state index in [0.717, 1.165) is 6.54 Å². The zero-order valence-corrected chi connectivity index (χ0v) is 11.5. The summed E-state index contributed by atoms with van der Waals surface area (Å²) in [4.78, 5) is 2.48. The van der Waals surface area contributed by atoms with E-state index in [1.807, 2.05) is 0 Å². The molecule has 2 atom stereocenters. The Labute approximate surface area is 110 Å². The molecule has 18 heavy (non-hydrogen) atoms. The van der Waals surface area contributed by atoms with Crippen LogP contribution in [0.4, 0.5) is 0 Å². The van der Waals surface area contributed by atoms with Gasteiger partial charge >= 0.3 is 0 Å². The molecule has 0 saturated carbocycles. The minimum atomic E-state index is 0.0278. The first kappa shape index (κ1) is 11.6. The molecule has 1 heteroatoms. The lowest BCUT2D eigenvalue weighted by atomic mass is 9.68. The van der Waals surface area contributed by atoms with E-state index in [0.29, 0.717) is 0 Å². The highest BCUT2D eigenvalue weighted by Gasteiger charge is 2.44. The summed E-state index contributed by atoms with van der Waals surface area (Å²) >= 11 is 0. The molecule has 1 nitrogen and oxygen atoms in total. The fourth-order valence-electron chi connectivity index (χ4n) is 3.32. The van der Waals surface area contributed by atoms with Crippen LogP contribution >= 0.6 is 0 Å². The van der Waals surface area contributed by atoms with Crippen LogP contribution in [0, 0.1) is 0 Å². The van der Waals surface area contributed by atoms with E-state index in [4.69, 9.17) is 0 Å². The number of hydrogen-bond acceptors (Lipinski definition) is 1. The van der Waals surface area contributed by atoms with Gasteiger partial charge < -0.3 is 4.90 Å². The fraction of sp³-hybridized carbons (Fsp3) is 0.412. The molecule has 2 heterocycles. The van der Waals surface area contributed by atoms with E-state index in [2.05, 4.69) is 74.4 Å². The molecule has 0 spiro atoms. The van der Waals surface area contributed by atoms with Gasteiger partial charge in [-0.1, -0.05) is 50.3 Å². The second kappa shape index (κ2) is 3.74. The van der Waals surface area contributed by atoms with E-state index >= 15 is 0 Å². The highest BCUT2D eigenvalue weighted by atomic mass is 15.2. The van der Waals surface area contributed by atoms with Crippen molar-refractivity contribution in [2.24, 2.45) is 0 Å². The summed E-state index contributed by atoms with van der Waals surface area (Å²) in [5.74, 6) is 0. The molecule has 2 unspecified atom stereocenters. The van der Waals surface area contributed by atoms with Crippen LogP contribution in [0.3, 0.4) is 0 Å². The Bertz CT molecular complexity index is 528. The first-order valence-corrected chi connectivity index (χ1v) is 6.83. The van der Waals surface area contributed by atoms with Gasteiger partial charge in [-0.2, -0.15) is 0 Å². The van der Waals surface area contributed by atoms with Gasteiger partial charge in [-0.3, -0.25) is 0 Å². The molecule has 0 N–H and O–H groups in total. The molecule has 2 aliphatic heterocycles. The lowest BCUT2D eigenvalue weighted by molar-refractivity contribution is 0.142. The molecular formula is C17H21N. The SMILES string of the molecule is CCC1(C)CN2C=CC=CC2(C)c2ccccc21. The van der Waals surface area contributed by atoms with Crippen molar-refractivity contribution in [1.29, 1.82) is 0 Å². The van der Waals surface area contributed by atoms with Crippen molar-refractivity contribution in [1.82, 2.24) is 4.90 Å². The van der Waals surface area contributed by atoms with E-state index in [1.165, 1.54) is 17.5 Å². The van der Waals surface area contributed by atoms with E-state index in [1.54, 1.807) is 0 Å². The number of fused-ring (bicyclic) bond motifs is 3. The number of benzene rings is 1. The Balaban J connectivity index is 2.24. The molecule has 3 rings (SSSR count). The zero-order valence-electron chi connectivity index (χ0n) is 11.5. The van der Waals surface area contributed by atoms with Gasteiger partial charge in [0.1, 0.15) is 0 Å². The highest BCUT2D eigenvalue weighted by Crippen LogP contribution is 2.46. The van der Waals surface area contributed by atoms with Gasteiger partial charge in [0.15, 0.2) is 0 Å². The van der Waals surface area contributed by atoms with E-state index in [-0.39, 0.29) is 11.0 Å². The molecule has 2 aliphatic rings. The van der Waals surface area contributed by atoms with Gasteiger partial charge in [0.05, 0.1) is 5.54 Å². The minimum absolute atomic E-state index is 0.0278. The van der Waals surface area contributed by atoms with Crippen LogP contribution in [0.2, 0.25) is 0 Å². The molecular weight excluding hydrogens is 218 g/mol. The third kappa shape index (κ3) is 1.40. The van der Waals surface area contributed by atoms with Gasteiger partial charge in [-0.25, -0.2) is 0 Å². The molecule has 0 aliphatic carbocycles. The number of allylic oxidation sites excluding steroid dienone is 2. The lowest BCUT2D eigenvalue weighted by Crippen LogP contribution is -2.52. The van der Waals surface area contributed by atoms with Crippen molar-refractivity contribution in [3.8, 4) is 0 Å². The number of rotatable bonds is 1. The fourth-order valence-corrected chi connectivity index (χ4v) is 3.32. The quantitative estimate of drug-likeness (QED) is 0.717. The second-order valence-corrected chi connectivity index (χ2v) is 5.94. The lowest BCUT2D eigenvalue weighted by Gasteiger charge is -2.52. The van der Waals surface area contributed by atoms with Crippen LogP contribution in [0.15, 0.2) is 48.7 Å². The summed E-state index contributed by atoms with van der Waals surface area (Å²) in [5.41, 5.74) is 3.26. The average Bonchev–Trinajstić information content (AvgIpc) is 2.41. The van der Waals surface area contributed by atoms with Gasteiger partial charge in [0.2, 0.25) is 0 Å². The molecule has 0 amide bonds. The van der Waals surface area contributed by atoms with Crippen molar-refractivity contribution < 1.29 is 0 Å². The summed E-state index contributed by atoms with van der Waals surface area (Å²) in [5, 5.41) is 0. The normalized spacial score (nSPS) is 33.2. The minimum Gasteiger partial charge on any atom is -0.364 e. The Hall–Kier alpha value is -1.50. The van der Waals surface area contributed by atoms with Crippen LogP contribution in [0.5, 0.6) is 0 Å². The van der Waals surface area contributed by atoms with Crippen LogP contribution < -0.4 is 0 Å². The maximum Gasteiger partial charge on any atom is 0.0809 e. The van der Waals surface area contributed by atoms with Crippen molar-refractivity contribution >= 4 is 0 Å². The first-order valence-electron chi connectivity index (χ1n) is 6.83. The van der Waals surface area contributed by atoms with Crippen LogP contribution in [-0.4, -0.2) is 11.4 Å². The summed E-state index contributed by atoms with van der Waals surface area (Å²) in [6.07, 6.45) is 10.0. The molecule has 94 valence electrons. The van der Waals surface area contributed by atoms with Crippen LogP contribution in [0.25, 0.3) is 0 Å². The summed E-state index contributed by atoms with van der Waals surface area (Å²) in [6, 6.07) is 8.94. The van der Waals surface area contributed by atoms with E-state index in [9.17, 15) is 0 Å². The van der Waals surface area contributed by atoms with Gasteiger partial charge in [-0.15, -0.1) is 0 Å². The van der Waals surface area contributed by atoms with Gasteiger partial charge in [0.25, 0.3) is 0 Å². The summed E-state index contributed by atoms with van der Waals surface area (Å²) in [6.45, 7) is 8.10. The Morgan fingerprint density at radius 3 is 2.56 bits per heavy atom. The molecule has 0 radical (unpaired) electrons. The number of nitrogens with zero attached hydrogens (tertiary/aromatic N) is 1. The molecule has 0 saturated heterocycles. The highest BCUT2D eigenvalue weighted by molar-refractivity contribution is 5.46. The predicted molar refractivity (Wildman–Crippen MR) is 76.4 cm³/mol. The molecule has 0 aromatic heterocycles. The van der Waals surface area contributed by atoms with Gasteiger partial charge in [-0.05, 0) is 30.5 Å². The average molecular weight is 239 g/mol. The zero-order chi connectivity index (χ0) is 12.8. The third-order valence-corrected chi connectivity index (χ3v) is 4.82. The Morgan fingerprint density at radius 1 is 1.11 bits per heavy atom. The maximum atomic E-state index is 2.48. The smallest absolute Gasteiger partial charge is 0.0809 e. The van der Waals surface area contributed by atoms with Crippen molar-refractivity contribution in [2.75, 3.05) is 6.54 Å².